The van der Waals surface area contributed by atoms with Crippen LogP contribution in [0.2, 0.25) is 0 Å². The number of hydrogen-bond donors (Lipinski definition) is 2. The summed E-state index contributed by atoms with van der Waals surface area (Å²) in [7, 11) is 0. The van der Waals surface area contributed by atoms with Crippen LogP contribution >= 0.6 is 12.4 Å². The zero-order valence-corrected chi connectivity index (χ0v) is 13.1. The van der Waals surface area contributed by atoms with E-state index in [1.807, 2.05) is 0 Å². The predicted molar refractivity (Wildman–Crippen MR) is 79.9 cm³/mol. The number of alkyl halides is 3. The zero-order chi connectivity index (χ0) is 15.7. The molecule has 0 unspecified atom stereocenters. The lowest BCUT2D eigenvalue weighted by Gasteiger charge is -2.35. The molecule has 1 aromatic rings. The van der Waals surface area contributed by atoms with Crippen LogP contribution in [0.4, 0.5) is 13.2 Å². The number of fused-ring (bicyclic) bond motifs is 1. The second-order valence-electron chi connectivity index (χ2n) is 5.89. The molecule has 8 heteroatoms. The molecule has 0 aromatic heterocycles. The smallest absolute Gasteiger partial charge is 0.488 e. The number of halogens is 4. The number of ether oxygens (including phenoxy) is 2. The maximum absolute atomic E-state index is 12.1. The van der Waals surface area contributed by atoms with Crippen molar-refractivity contribution in [2.75, 3.05) is 13.1 Å². The Morgan fingerprint density at radius 3 is 2.17 bits per heavy atom. The average molecular weight is 354 g/mol. The van der Waals surface area contributed by atoms with E-state index in [0.29, 0.717) is 24.0 Å². The van der Waals surface area contributed by atoms with E-state index in [9.17, 15) is 18.3 Å². The van der Waals surface area contributed by atoms with E-state index in [1.54, 1.807) is 0 Å². The van der Waals surface area contributed by atoms with Gasteiger partial charge in [-0.25, -0.2) is 0 Å². The Balaban J connectivity index is 0.00000192. The van der Waals surface area contributed by atoms with E-state index < -0.39 is 12.5 Å². The third-order valence-electron chi connectivity index (χ3n) is 4.33. The van der Waals surface area contributed by atoms with Gasteiger partial charge in [-0.3, -0.25) is 0 Å². The summed E-state index contributed by atoms with van der Waals surface area (Å²) < 4.78 is 45.9. The lowest BCUT2D eigenvalue weighted by Crippen LogP contribution is -2.42. The monoisotopic (exact) mass is 353 g/mol. The Hall–Kier alpha value is -1.18. The van der Waals surface area contributed by atoms with Gasteiger partial charge in [-0.1, -0.05) is 0 Å². The Morgan fingerprint density at radius 2 is 1.57 bits per heavy atom. The fraction of sp³-hybridized carbons (Fsp3) is 0.600. The standard InChI is InChI=1S/C15H18F3NO3.ClH/c16-15(17,18)22-12-3-1-11(2-4-12)21-14-6-10-8-19-7-9(10)5-13(14)20;/h1-4,9-10,13-14,19-20H,5-8H2;1H/t9-,10+,13+,14+;/m0./s1. The summed E-state index contributed by atoms with van der Waals surface area (Å²) in [6, 6.07) is 5.26. The Kier molecular flexibility index (Phi) is 5.65. The highest BCUT2D eigenvalue weighted by Gasteiger charge is 2.39. The van der Waals surface area contributed by atoms with Crippen molar-refractivity contribution in [1.29, 1.82) is 0 Å². The molecule has 4 nitrogen and oxygen atoms in total. The highest BCUT2D eigenvalue weighted by Crippen LogP contribution is 2.35. The van der Waals surface area contributed by atoms with E-state index in [2.05, 4.69) is 10.1 Å². The molecular weight excluding hydrogens is 335 g/mol. The molecule has 130 valence electrons. The van der Waals surface area contributed by atoms with Crippen LogP contribution in [0.3, 0.4) is 0 Å². The molecule has 3 rings (SSSR count). The molecule has 0 radical (unpaired) electrons. The summed E-state index contributed by atoms with van der Waals surface area (Å²) in [6.45, 7) is 1.85. The minimum Gasteiger partial charge on any atom is -0.488 e. The van der Waals surface area contributed by atoms with Crippen LogP contribution in [0.25, 0.3) is 0 Å². The summed E-state index contributed by atoms with van der Waals surface area (Å²) in [5.41, 5.74) is 0. The fourth-order valence-corrected chi connectivity index (χ4v) is 3.28. The molecule has 0 spiro atoms. The van der Waals surface area contributed by atoms with E-state index in [4.69, 9.17) is 4.74 Å². The molecule has 1 saturated carbocycles. The van der Waals surface area contributed by atoms with Crippen LogP contribution in [0.15, 0.2) is 24.3 Å². The van der Waals surface area contributed by atoms with Crippen LogP contribution in [-0.2, 0) is 0 Å². The van der Waals surface area contributed by atoms with Gasteiger partial charge >= 0.3 is 6.36 Å². The van der Waals surface area contributed by atoms with Crippen LogP contribution in [0.5, 0.6) is 11.5 Å². The highest BCUT2D eigenvalue weighted by molar-refractivity contribution is 5.85. The van der Waals surface area contributed by atoms with Crippen molar-refractivity contribution in [3.05, 3.63) is 24.3 Å². The van der Waals surface area contributed by atoms with E-state index >= 15 is 0 Å². The molecule has 1 saturated heterocycles. The van der Waals surface area contributed by atoms with Gasteiger partial charge in [0, 0.05) is 0 Å². The number of rotatable bonds is 3. The molecule has 4 atom stereocenters. The van der Waals surface area contributed by atoms with Crippen LogP contribution in [-0.4, -0.2) is 36.8 Å². The second kappa shape index (κ2) is 7.15. The Bertz CT molecular complexity index is 512. The van der Waals surface area contributed by atoms with Crippen molar-refractivity contribution in [1.82, 2.24) is 5.32 Å². The molecule has 1 aromatic carbocycles. The molecular formula is C15H19ClF3NO3. The highest BCUT2D eigenvalue weighted by atomic mass is 35.5. The van der Waals surface area contributed by atoms with Gasteiger partial charge in [0.15, 0.2) is 0 Å². The molecule has 0 amide bonds. The zero-order valence-electron chi connectivity index (χ0n) is 12.3. The summed E-state index contributed by atoms with van der Waals surface area (Å²) in [6.07, 6.45) is -4.13. The van der Waals surface area contributed by atoms with Gasteiger partial charge in [0.2, 0.25) is 0 Å². The van der Waals surface area contributed by atoms with Gasteiger partial charge in [-0.05, 0) is 62.0 Å². The third-order valence-corrected chi connectivity index (χ3v) is 4.33. The van der Waals surface area contributed by atoms with Crippen molar-refractivity contribution >= 4 is 12.4 Å². The summed E-state index contributed by atoms with van der Waals surface area (Å²) in [5.74, 6) is 1.12. The normalized spacial score (nSPS) is 30.3. The van der Waals surface area contributed by atoms with Crippen molar-refractivity contribution in [2.45, 2.75) is 31.4 Å². The molecule has 2 N–H and O–H groups in total. The Labute approximate surface area is 138 Å². The predicted octanol–water partition coefficient (Wildman–Crippen LogP) is 2.74. The van der Waals surface area contributed by atoms with Crippen molar-refractivity contribution in [3.63, 3.8) is 0 Å². The average Bonchev–Trinajstić information content (AvgIpc) is 2.87. The van der Waals surface area contributed by atoms with Gasteiger partial charge in [-0.15, -0.1) is 25.6 Å². The van der Waals surface area contributed by atoms with E-state index in [0.717, 1.165) is 19.5 Å². The number of aliphatic hydroxyl groups is 1. The maximum Gasteiger partial charge on any atom is 0.573 e. The largest absolute Gasteiger partial charge is 0.573 e. The van der Waals surface area contributed by atoms with Gasteiger partial charge < -0.3 is 19.9 Å². The molecule has 23 heavy (non-hydrogen) atoms. The van der Waals surface area contributed by atoms with Gasteiger partial charge in [0.25, 0.3) is 0 Å². The molecule has 1 heterocycles. The fourth-order valence-electron chi connectivity index (χ4n) is 3.28. The third kappa shape index (κ3) is 4.65. The first-order valence-electron chi connectivity index (χ1n) is 7.32. The summed E-state index contributed by atoms with van der Waals surface area (Å²) >= 11 is 0. The quantitative estimate of drug-likeness (QED) is 0.877. The second-order valence-corrected chi connectivity index (χ2v) is 5.89. The van der Waals surface area contributed by atoms with E-state index in [-0.39, 0.29) is 24.3 Å². The van der Waals surface area contributed by atoms with Crippen molar-refractivity contribution < 1.29 is 27.8 Å². The van der Waals surface area contributed by atoms with Crippen LogP contribution in [0, 0.1) is 11.8 Å². The number of benzene rings is 1. The molecule has 2 aliphatic rings. The first-order chi connectivity index (χ1) is 10.4. The maximum atomic E-state index is 12.1. The minimum atomic E-state index is -4.70. The number of aliphatic hydroxyl groups excluding tert-OH is 1. The molecule has 1 aliphatic heterocycles. The van der Waals surface area contributed by atoms with Gasteiger partial charge in [0.05, 0.1) is 6.10 Å². The molecule has 2 fully saturated rings. The molecule has 0 bridgehead atoms. The van der Waals surface area contributed by atoms with Crippen molar-refractivity contribution in [2.24, 2.45) is 11.8 Å². The van der Waals surface area contributed by atoms with Crippen LogP contribution < -0.4 is 14.8 Å². The minimum absolute atomic E-state index is 0. The Morgan fingerprint density at radius 1 is 1.00 bits per heavy atom. The lowest BCUT2D eigenvalue weighted by atomic mass is 9.78. The van der Waals surface area contributed by atoms with Gasteiger partial charge in [-0.2, -0.15) is 0 Å². The SMILES string of the molecule is Cl.O[C@@H]1C[C@H]2CNC[C@H]2C[C@H]1Oc1ccc(OC(F)(F)F)cc1. The first kappa shape index (κ1) is 18.2. The number of nitrogens with one attached hydrogen (secondary N) is 1. The lowest BCUT2D eigenvalue weighted by molar-refractivity contribution is -0.274. The summed E-state index contributed by atoms with van der Waals surface area (Å²) in [4.78, 5) is 0. The molecule has 1 aliphatic carbocycles. The number of hydrogen-bond acceptors (Lipinski definition) is 4. The van der Waals surface area contributed by atoms with Gasteiger partial charge in [0.1, 0.15) is 17.6 Å². The van der Waals surface area contributed by atoms with Crippen LogP contribution in [0.1, 0.15) is 12.8 Å². The topological polar surface area (TPSA) is 50.7 Å². The summed E-state index contributed by atoms with van der Waals surface area (Å²) in [5, 5.41) is 13.5. The van der Waals surface area contributed by atoms with E-state index in [1.165, 1.54) is 24.3 Å². The van der Waals surface area contributed by atoms with Crippen molar-refractivity contribution in [3.8, 4) is 11.5 Å². The first-order valence-corrected chi connectivity index (χ1v) is 7.32.